The van der Waals surface area contributed by atoms with Gasteiger partial charge < -0.3 is 65.2 Å². The zero-order valence-corrected chi connectivity index (χ0v) is 23.2. The highest BCUT2D eigenvalue weighted by molar-refractivity contribution is 5.90. The Morgan fingerprint density at radius 3 is 2.40 bits per heavy atom. The van der Waals surface area contributed by atoms with E-state index in [0.717, 1.165) is 0 Å². The van der Waals surface area contributed by atoms with Crippen molar-refractivity contribution in [3.05, 3.63) is 41.1 Å². The molecule has 1 aromatic rings. The number of carbonyl (C=O) groups is 5. The number of carboxylic acid groups (broad SMARTS) is 4. The van der Waals surface area contributed by atoms with Crippen LogP contribution in [0, 0.1) is 0 Å². The summed E-state index contributed by atoms with van der Waals surface area (Å²) >= 11 is 0. The molecule has 4 rings (SSSR count). The smallest absolute Gasteiger partial charge is 0.351 e. The topological polar surface area (TPSA) is 294 Å². The molecule has 18 heteroatoms. The van der Waals surface area contributed by atoms with Gasteiger partial charge in [-0.1, -0.05) is 0 Å². The van der Waals surface area contributed by atoms with Crippen molar-refractivity contribution in [3.8, 4) is 11.5 Å². The van der Waals surface area contributed by atoms with Crippen molar-refractivity contribution in [2.75, 3.05) is 13.2 Å². The molecule has 0 saturated carbocycles. The molecule has 1 saturated heterocycles. The van der Waals surface area contributed by atoms with Crippen LogP contribution in [0.25, 0.3) is 0 Å². The first-order chi connectivity index (χ1) is 21.2. The molecule has 0 amide bonds. The minimum Gasteiger partial charge on any atom is -0.544 e. The predicted molar refractivity (Wildman–Crippen MR) is 140 cm³/mol. The molecule has 8 unspecified atom stereocenters. The molecule has 3 aliphatic heterocycles. The fourth-order valence-corrected chi connectivity index (χ4v) is 5.34. The van der Waals surface area contributed by atoms with Crippen molar-refractivity contribution in [1.82, 2.24) is 5.32 Å². The number of aromatic hydroxyl groups is 1. The molecule has 1 aromatic carbocycles. The maximum Gasteiger partial charge on any atom is 0.351 e. The Bertz CT molecular complexity index is 1440. The second kappa shape index (κ2) is 13.5. The molecule has 18 nitrogen and oxygen atoms in total. The summed E-state index contributed by atoms with van der Waals surface area (Å²) in [7, 11) is 0. The summed E-state index contributed by atoms with van der Waals surface area (Å²) in [6.07, 6.45) is -7.20. The van der Waals surface area contributed by atoms with Crippen LogP contribution >= 0.6 is 0 Å². The zero-order valence-electron chi connectivity index (χ0n) is 23.2. The van der Waals surface area contributed by atoms with E-state index in [0.29, 0.717) is 16.8 Å². The highest BCUT2D eigenvalue weighted by Gasteiger charge is 2.48. The number of carboxylic acids is 4. The number of esters is 1. The zero-order chi connectivity index (χ0) is 33.2. The summed E-state index contributed by atoms with van der Waals surface area (Å²) in [5, 5.41) is 83.4. The number of aliphatic hydroxyl groups excluding tert-OH is 3. The average Bonchev–Trinajstić information content (AvgIpc) is 3.32. The lowest BCUT2D eigenvalue weighted by molar-refractivity contribution is -0.840. The monoisotopic (exact) mass is 638 g/mol. The number of hydrogen-bond acceptors (Lipinski definition) is 14. The van der Waals surface area contributed by atoms with E-state index in [2.05, 4.69) is 5.32 Å². The van der Waals surface area contributed by atoms with Crippen molar-refractivity contribution < 1.29 is 83.9 Å². The van der Waals surface area contributed by atoms with Gasteiger partial charge in [0.25, 0.3) is 0 Å². The third-order valence-electron chi connectivity index (χ3n) is 7.50. The lowest BCUT2D eigenvalue weighted by Crippen LogP contribution is -3.11. The highest BCUT2D eigenvalue weighted by Crippen LogP contribution is 2.36. The van der Waals surface area contributed by atoms with Gasteiger partial charge in [-0.3, -0.25) is 14.5 Å². The predicted octanol–water partition coefficient (Wildman–Crippen LogP) is -4.87. The number of aliphatic hydroxyl groups is 3. The average molecular weight is 639 g/mol. The molecule has 3 heterocycles. The van der Waals surface area contributed by atoms with Crippen LogP contribution in [0.5, 0.6) is 11.5 Å². The lowest BCUT2D eigenvalue weighted by Gasteiger charge is -2.41. The Balaban J connectivity index is 1.55. The molecule has 244 valence electrons. The van der Waals surface area contributed by atoms with Gasteiger partial charge in [-0.2, -0.15) is 0 Å². The van der Waals surface area contributed by atoms with E-state index >= 15 is 0 Å². The summed E-state index contributed by atoms with van der Waals surface area (Å²) in [5.74, 6) is -7.73. The van der Waals surface area contributed by atoms with E-state index < -0.39 is 91.4 Å². The normalized spacial score (nSPS) is 30.0. The van der Waals surface area contributed by atoms with Gasteiger partial charge in [0, 0.05) is 24.5 Å². The number of ether oxygens (including phenoxy) is 3. The first kappa shape index (κ1) is 33.1. The highest BCUT2D eigenvalue weighted by atomic mass is 16.7. The molecule has 9 N–H and O–H groups in total. The molecule has 0 radical (unpaired) electrons. The fraction of sp³-hybridized carbons (Fsp3) is 0.444. The van der Waals surface area contributed by atoms with Crippen molar-refractivity contribution >= 4 is 35.5 Å². The van der Waals surface area contributed by atoms with Gasteiger partial charge in [-0.15, -0.1) is 0 Å². The second-order valence-electron chi connectivity index (χ2n) is 10.5. The van der Waals surface area contributed by atoms with E-state index in [1.54, 1.807) is 0 Å². The number of fused-ring (bicyclic) bond motifs is 1. The first-order valence-electron chi connectivity index (χ1n) is 13.5. The summed E-state index contributed by atoms with van der Waals surface area (Å²) in [5.41, 5.74) is 0.651. The van der Waals surface area contributed by atoms with E-state index in [4.69, 9.17) is 19.3 Å². The third kappa shape index (κ3) is 7.32. The molecule has 0 bridgehead atoms. The number of benzene rings is 1. The lowest BCUT2D eigenvalue weighted by atomic mass is 9.99. The number of phenols is 1. The van der Waals surface area contributed by atoms with Crippen molar-refractivity contribution in [2.45, 2.75) is 62.1 Å². The molecule has 0 aromatic heterocycles. The Kier molecular flexibility index (Phi) is 9.94. The molecular formula is C27H30N2O16. The van der Waals surface area contributed by atoms with Crippen molar-refractivity contribution in [3.63, 3.8) is 0 Å². The number of rotatable bonds is 11. The van der Waals surface area contributed by atoms with Crippen molar-refractivity contribution in [2.24, 2.45) is 0 Å². The SMILES string of the molecule is O=C(O)CC(=O)OC1C(CO)OC(Oc2cc3c(cc2O)[NH+](CC=C2C=C(C(=O)O)NC(C(=O)O)C2)C(C(=O)[O-])C3)C(O)C1O. The van der Waals surface area contributed by atoms with Crippen LogP contribution in [0.15, 0.2) is 35.6 Å². The van der Waals surface area contributed by atoms with Gasteiger partial charge in [0.15, 0.2) is 17.6 Å². The van der Waals surface area contributed by atoms with Crippen LogP contribution in [0.1, 0.15) is 18.4 Å². The molecular weight excluding hydrogens is 608 g/mol. The quantitative estimate of drug-likeness (QED) is 0.0811. The Morgan fingerprint density at radius 2 is 1.80 bits per heavy atom. The number of quaternary nitrogens is 1. The minimum atomic E-state index is -1.92. The maximum atomic E-state index is 12.0. The standard InChI is InChI=1S/C27H30N2O16/c30-9-18-23(45-20(34)8-19(32)33)21(35)22(36)27(44-18)43-17-6-11-5-15(26(41)42)29(14(11)7-16(17)31)2-1-10-3-12(24(37)38)28-13(4-10)25(39)40/h1,3,6-7,13,15,18,21-23,27-28,30-31,35-36H,2,4-5,8-9H2,(H,32,33)(H,37,38)(H,39,40)(H,41,42). The van der Waals surface area contributed by atoms with Gasteiger partial charge in [-0.05, 0) is 23.8 Å². The second-order valence-corrected chi connectivity index (χ2v) is 10.5. The van der Waals surface area contributed by atoms with Crippen LogP contribution in [0.3, 0.4) is 0 Å². The molecule has 45 heavy (non-hydrogen) atoms. The summed E-state index contributed by atoms with van der Waals surface area (Å²) in [4.78, 5) is 57.8. The van der Waals surface area contributed by atoms with Crippen LogP contribution < -0.4 is 20.1 Å². The summed E-state index contributed by atoms with van der Waals surface area (Å²) in [6, 6.07) is 0.0598. The van der Waals surface area contributed by atoms with Gasteiger partial charge >= 0.3 is 23.9 Å². The minimum absolute atomic E-state index is 0.0623. The Hall–Kier alpha value is -4.75. The Labute approximate surface area is 253 Å². The van der Waals surface area contributed by atoms with Crippen LogP contribution in [0.2, 0.25) is 0 Å². The molecule has 1 fully saturated rings. The van der Waals surface area contributed by atoms with Gasteiger partial charge in [0.1, 0.15) is 60.7 Å². The van der Waals surface area contributed by atoms with Crippen LogP contribution in [0.4, 0.5) is 5.69 Å². The third-order valence-corrected chi connectivity index (χ3v) is 7.50. The van der Waals surface area contributed by atoms with Crippen LogP contribution in [-0.4, -0.2) is 122 Å². The van der Waals surface area contributed by atoms with Crippen molar-refractivity contribution in [1.29, 1.82) is 0 Å². The van der Waals surface area contributed by atoms with E-state index in [1.165, 1.54) is 24.3 Å². The number of nitrogens with one attached hydrogen (secondary N) is 2. The number of hydrogen-bond donors (Lipinski definition) is 9. The maximum absolute atomic E-state index is 12.0. The number of allylic oxidation sites excluding steroid dienone is 1. The molecule has 0 spiro atoms. The van der Waals surface area contributed by atoms with Crippen LogP contribution in [-0.2, 0) is 39.9 Å². The largest absolute Gasteiger partial charge is 0.544 e. The summed E-state index contributed by atoms with van der Waals surface area (Å²) < 4.78 is 15.8. The molecule has 8 atom stereocenters. The van der Waals surface area contributed by atoms with Gasteiger partial charge in [0.05, 0.1) is 6.61 Å². The molecule has 3 aliphatic rings. The summed E-state index contributed by atoms with van der Waals surface area (Å²) in [6.45, 7) is -0.911. The molecule has 0 aliphatic carbocycles. The van der Waals surface area contributed by atoms with E-state index in [1.807, 2.05) is 0 Å². The number of phenolic OH excluding ortho intramolecular Hbond substituents is 1. The fourth-order valence-electron chi connectivity index (χ4n) is 5.34. The van der Waals surface area contributed by atoms with E-state index in [9.17, 15) is 59.7 Å². The van der Waals surface area contributed by atoms with Gasteiger partial charge in [0.2, 0.25) is 6.29 Å². The Morgan fingerprint density at radius 1 is 1.09 bits per heavy atom. The number of carbonyl (C=O) groups excluding carboxylic acids is 2. The van der Waals surface area contributed by atoms with Gasteiger partial charge in [-0.25, -0.2) is 9.59 Å². The van der Waals surface area contributed by atoms with E-state index in [-0.39, 0.29) is 35.7 Å². The number of aliphatic carboxylic acids is 4. The first-order valence-corrected chi connectivity index (χ1v) is 13.5.